The Bertz CT molecular complexity index is 1260. The highest BCUT2D eigenvalue weighted by Gasteiger charge is 2.30. The van der Waals surface area contributed by atoms with Crippen molar-refractivity contribution in [2.75, 3.05) is 0 Å². The number of ketones is 1. The second-order valence-corrected chi connectivity index (χ2v) is 7.41. The highest BCUT2D eigenvalue weighted by molar-refractivity contribution is 5.98. The van der Waals surface area contributed by atoms with E-state index in [2.05, 4.69) is 10.4 Å². The molecule has 0 aliphatic heterocycles. The Balaban J connectivity index is 1.94. The summed E-state index contributed by atoms with van der Waals surface area (Å²) in [7, 11) is 1.29. The molecular formula is C23H20F3N3O5. The van der Waals surface area contributed by atoms with Gasteiger partial charge in [0.2, 0.25) is 5.88 Å². The van der Waals surface area contributed by atoms with E-state index in [1.807, 2.05) is 0 Å². The topological polar surface area (TPSA) is 111 Å². The number of nitrogens with zero attached hydrogens (tertiary/aromatic N) is 2. The molecule has 0 saturated carbocycles. The summed E-state index contributed by atoms with van der Waals surface area (Å²) >= 11 is 0. The van der Waals surface area contributed by atoms with Crippen LogP contribution < -0.4 is 10.1 Å². The molecule has 2 N–H and O–H groups in total. The van der Waals surface area contributed by atoms with E-state index < -0.39 is 47.2 Å². The van der Waals surface area contributed by atoms with E-state index in [4.69, 9.17) is 9.84 Å². The molecule has 0 saturated heterocycles. The summed E-state index contributed by atoms with van der Waals surface area (Å²) in [5.74, 6) is -3.76. The summed E-state index contributed by atoms with van der Waals surface area (Å²) in [6, 6.07) is 8.28. The molecule has 0 fully saturated rings. The molecule has 0 bridgehead atoms. The number of nitrogens with one attached hydrogen (secondary N) is 1. The van der Waals surface area contributed by atoms with Gasteiger partial charge in [0.05, 0.1) is 17.2 Å². The van der Waals surface area contributed by atoms with Gasteiger partial charge in [0.1, 0.15) is 22.8 Å². The smallest absolute Gasteiger partial charge is 0.335 e. The van der Waals surface area contributed by atoms with E-state index in [1.165, 1.54) is 37.4 Å². The van der Waals surface area contributed by atoms with Crippen molar-refractivity contribution in [1.29, 1.82) is 0 Å². The predicted octanol–water partition coefficient (Wildman–Crippen LogP) is 4.68. The number of ether oxygens (including phenoxy) is 1. The Labute approximate surface area is 192 Å². The second kappa shape index (κ2) is 9.77. The minimum atomic E-state index is -3.10. The van der Waals surface area contributed by atoms with Gasteiger partial charge in [-0.1, -0.05) is 12.1 Å². The molecule has 1 aromatic heterocycles. The molecule has 2 aromatic carbocycles. The number of alkyl halides is 2. The largest absolute Gasteiger partial charge is 0.478 e. The third-order valence-corrected chi connectivity index (χ3v) is 4.99. The average Bonchev–Trinajstić information content (AvgIpc) is 3.11. The number of rotatable bonds is 8. The summed E-state index contributed by atoms with van der Waals surface area (Å²) in [5, 5.41) is 15.3. The zero-order valence-electron chi connectivity index (χ0n) is 18.3. The lowest BCUT2D eigenvalue weighted by molar-refractivity contribution is 0.0696. The third-order valence-electron chi connectivity index (χ3n) is 4.99. The molecule has 1 atom stereocenters. The van der Waals surface area contributed by atoms with Crippen molar-refractivity contribution >= 4 is 17.7 Å². The molecule has 3 rings (SSSR count). The van der Waals surface area contributed by atoms with Gasteiger partial charge in [0.15, 0.2) is 5.78 Å². The molecule has 0 radical (unpaired) electrons. The summed E-state index contributed by atoms with van der Waals surface area (Å²) in [5.41, 5.74) is -1.03. The summed E-state index contributed by atoms with van der Waals surface area (Å²) in [6.45, 7) is 2.75. The monoisotopic (exact) mass is 475 g/mol. The van der Waals surface area contributed by atoms with Gasteiger partial charge in [-0.3, -0.25) is 9.59 Å². The van der Waals surface area contributed by atoms with Crippen LogP contribution in [-0.2, 0) is 7.05 Å². The Morgan fingerprint density at radius 1 is 1.12 bits per heavy atom. The predicted molar refractivity (Wildman–Crippen MR) is 114 cm³/mol. The maximum Gasteiger partial charge on any atom is 0.335 e. The number of Topliss-reactive ketones (excluding diaryl/α,β-unsaturated/α-hetero) is 1. The molecule has 0 spiro atoms. The maximum atomic E-state index is 13.8. The van der Waals surface area contributed by atoms with Crippen molar-refractivity contribution in [3.8, 4) is 11.6 Å². The fourth-order valence-corrected chi connectivity index (χ4v) is 3.23. The van der Waals surface area contributed by atoms with E-state index in [0.717, 1.165) is 23.7 Å². The van der Waals surface area contributed by atoms with Gasteiger partial charge in [-0.2, -0.15) is 5.10 Å². The van der Waals surface area contributed by atoms with Crippen LogP contribution in [0.15, 0.2) is 42.5 Å². The Morgan fingerprint density at radius 3 is 2.32 bits per heavy atom. The molecule has 178 valence electrons. The van der Waals surface area contributed by atoms with Gasteiger partial charge in [-0.15, -0.1) is 0 Å². The van der Waals surface area contributed by atoms with Gasteiger partial charge >= 0.3 is 5.97 Å². The van der Waals surface area contributed by atoms with E-state index in [0.29, 0.717) is 5.56 Å². The first kappa shape index (κ1) is 24.5. The zero-order valence-corrected chi connectivity index (χ0v) is 18.3. The van der Waals surface area contributed by atoms with Crippen molar-refractivity contribution in [3.63, 3.8) is 0 Å². The number of carbonyl (C=O) groups is 3. The SMILES string of the molecule is CC(=O)c1cc(Oc2c(C(=O)N[C@@H](C)c3ccc(C(=O)O)cc3)c(C(F)F)nn2C)ccc1F. The number of aromatic nitrogens is 2. The van der Waals surface area contributed by atoms with Gasteiger partial charge < -0.3 is 15.2 Å². The summed E-state index contributed by atoms with van der Waals surface area (Å²) < 4.78 is 47.7. The first-order valence-corrected chi connectivity index (χ1v) is 9.97. The number of hydrogen-bond donors (Lipinski definition) is 2. The van der Waals surface area contributed by atoms with E-state index in [1.54, 1.807) is 6.92 Å². The van der Waals surface area contributed by atoms with Crippen LogP contribution in [0.2, 0.25) is 0 Å². The van der Waals surface area contributed by atoms with Gasteiger partial charge in [0.25, 0.3) is 12.3 Å². The Kier molecular flexibility index (Phi) is 7.04. The van der Waals surface area contributed by atoms with E-state index in [9.17, 15) is 27.6 Å². The number of aryl methyl sites for hydroxylation is 1. The van der Waals surface area contributed by atoms with Gasteiger partial charge in [0, 0.05) is 7.05 Å². The van der Waals surface area contributed by atoms with Crippen molar-refractivity contribution < 1.29 is 37.4 Å². The molecule has 8 nitrogen and oxygen atoms in total. The Morgan fingerprint density at radius 2 is 1.76 bits per heavy atom. The molecule has 1 heterocycles. The first-order chi connectivity index (χ1) is 16.0. The highest BCUT2D eigenvalue weighted by Crippen LogP contribution is 2.33. The van der Waals surface area contributed by atoms with E-state index >= 15 is 0 Å². The normalized spacial score (nSPS) is 11.9. The van der Waals surface area contributed by atoms with Crippen molar-refractivity contribution in [2.45, 2.75) is 26.3 Å². The van der Waals surface area contributed by atoms with Crippen LogP contribution in [0.5, 0.6) is 11.6 Å². The van der Waals surface area contributed by atoms with Crippen LogP contribution in [0.25, 0.3) is 0 Å². The molecule has 0 aliphatic carbocycles. The van der Waals surface area contributed by atoms with Crippen molar-refractivity contribution in [3.05, 3.63) is 76.2 Å². The fraction of sp³-hybridized carbons (Fsp3) is 0.217. The second-order valence-electron chi connectivity index (χ2n) is 7.41. The molecule has 11 heteroatoms. The number of hydrogen-bond acceptors (Lipinski definition) is 5. The molecule has 3 aromatic rings. The van der Waals surface area contributed by atoms with Gasteiger partial charge in [-0.05, 0) is 49.7 Å². The van der Waals surface area contributed by atoms with Crippen LogP contribution >= 0.6 is 0 Å². The quantitative estimate of drug-likeness (QED) is 0.458. The number of halogens is 3. The lowest BCUT2D eigenvalue weighted by atomic mass is 10.1. The number of aromatic carboxylic acids is 1. The minimum Gasteiger partial charge on any atom is -0.478 e. The number of benzene rings is 2. The summed E-state index contributed by atoms with van der Waals surface area (Å²) in [6.07, 6.45) is -3.10. The van der Waals surface area contributed by atoms with E-state index in [-0.39, 0.29) is 22.8 Å². The number of carboxylic acids is 1. The average molecular weight is 475 g/mol. The lowest BCUT2D eigenvalue weighted by Gasteiger charge is -2.16. The lowest BCUT2D eigenvalue weighted by Crippen LogP contribution is -2.27. The van der Waals surface area contributed by atoms with Crippen LogP contribution in [0.4, 0.5) is 13.2 Å². The Hall–Kier alpha value is -4.15. The van der Waals surface area contributed by atoms with Crippen molar-refractivity contribution in [2.24, 2.45) is 7.05 Å². The maximum absolute atomic E-state index is 13.8. The molecule has 0 aliphatic rings. The van der Waals surface area contributed by atoms with Crippen LogP contribution in [0, 0.1) is 5.82 Å². The molecular weight excluding hydrogens is 455 g/mol. The minimum absolute atomic E-state index is 0.0504. The highest BCUT2D eigenvalue weighted by atomic mass is 19.3. The molecule has 0 unspecified atom stereocenters. The van der Waals surface area contributed by atoms with Crippen LogP contribution in [0.1, 0.15) is 68.6 Å². The fourth-order valence-electron chi connectivity index (χ4n) is 3.23. The van der Waals surface area contributed by atoms with Crippen LogP contribution in [0.3, 0.4) is 0 Å². The van der Waals surface area contributed by atoms with Crippen LogP contribution in [-0.4, -0.2) is 32.5 Å². The number of carboxylic acid groups (broad SMARTS) is 1. The van der Waals surface area contributed by atoms with Crippen molar-refractivity contribution in [1.82, 2.24) is 15.1 Å². The van der Waals surface area contributed by atoms with Gasteiger partial charge in [-0.25, -0.2) is 22.6 Å². The number of amides is 1. The standard InChI is InChI=1S/C23H20F3N3O5/c1-11(13-4-6-14(7-5-13)23(32)33)27-21(31)18-19(20(25)26)28-29(3)22(18)34-15-8-9-17(24)16(10-15)12(2)30/h4-11,20H,1-3H3,(H,27,31)(H,32,33)/t11-/m0/s1. The molecule has 34 heavy (non-hydrogen) atoms. The summed E-state index contributed by atoms with van der Waals surface area (Å²) in [4.78, 5) is 35.6. The zero-order chi connectivity index (χ0) is 25.2. The third kappa shape index (κ3) is 5.08. The number of carbonyl (C=O) groups excluding carboxylic acids is 2. The molecule has 1 amide bonds. The first-order valence-electron chi connectivity index (χ1n) is 9.97.